The van der Waals surface area contributed by atoms with Gasteiger partial charge in [0, 0.05) is 17.3 Å². The first kappa shape index (κ1) is 15.1. The molecule has 0 unspecified atom stereocenters. The van der Waals surface area contributed by atoms with Crippen molar-refractivity contribution in [1.82, 2.24) is 4.57 Å². The maximum atomic E-state index is 12.4. The molecule has 8 heteroatoms. The van der Waals surface area contributed by atoms with E-state index >= 15 is 0 Å². The standard InChI is InChI=1S/C13H14N2O5S/c1-8-5-12(16)15(10-4-2-3-9(14)6-10)13(17)11(8)7-21(18,19)20/h2-6,16H,7,14H2,1H3,(H,18,19,20). The van der Waals surface area contributed by atoms with Gasteiger partial charge in [-0.3, -0.25) is 9.35 Å². The molecular weight excluding hydrogens is 296 g/mol. The van der Waals surface area contributed by atoms with Crippen LogP contribution in [0.25, 0.3) is 5.69 Å². The fourth-order valence-corrected chi connectivity index (χ4v) is 2.74. The molecule has 1 heterocycles. The van der Waals surface area contributed by atoms with E-state index in [1.54, 1.807) is 18.2 Å². The van der Waals surface area contributed by atoms with Gasteiger partial charge in [-0.1, -0.05) is 6.07 Å². The molecule has 0 aliphatic carbocycles. The molecule has 0 saturated heterocycles. The molecule has 2 aromatic rings. The minimum atomic E-state index is -4.36. The quantitative estimate of drug-likeness (QED) is 0.570. The average molecular weight is 310 g/mol. The van der Waals surface area contributed by atoms with Crippen LogP contribution in [0.2, 0.25) is 0 Å². The van der Waals surface area contributed by atoms with E-state index in [0.29, 0.717) is 11.4 Å². The number of aromatic nitrogens is 1. The first-order chi connectivity index (χ1) is 9.69. The summed E-state index contributed by atoms with van der Waals surface area (Å²) >= 11 is 0. The Kier molecular flexibility index (Phi) is 3.75. The average Bonchev–Trinajstić information content (AvgIpc) is 2.33. The highest BCUT2D eigenvalue weighted by Gasteiger charge is 2.18. The Morgan fingerprint density at radius 1 is 1.29 bits per heavy atom. The lowest BCUT2D eigenvalue weighted by molar-refractivity contribution is 0.433. The van der Waals surface area contributed by atoms with Crippen molar-refractivity contribution in [3.8, 4) is 11.6 Å². The van der Waals surface area contributed by atoms with Crippen molar-refractivity contribution in [1.29, 1.82) is 0 Å². The lowest BCUT2D eigenvalue weighted by atomic mass is 10.1. The van der Waals surface area contributed by atoms with E-state index in [4.69, 9.17) is 10.3 Å². The third kappa shape index (κ3) is 3.23. The molecule has 4 N–H and O–H groups in total. The summed E-state index contributed by atoms with van der Waals surface area (Å²) in [6.45, 7) is 1.48. The van der Waals surface area contributed by atoms with Crippen molar-refractivity contribution in [2.45, 2.75) is 12.7 Å². The van der Waals surface area contributed by atoms with Gasteiger partial charge >= 0.3 is 0 Å². The number of benzene rings is 1. The fourth-order valence-electron chi connectivity index (χ4n) is 2.02. The highest BCUT2D eigenvalue weighted by Crippen LogP contribution is 2.20. The summed E-state index contributed by atoms with van der Waals surface area (Å²) in [5, 5.41) is 9.95. The van der Waals surface area contributed by atoms with E-state index in [9.17, 15) is 18.3 Å². The summed E-state index contributed by atoms with van der Waals surface area (Å²) in [7, 11) is -4.36. The van der Waals surface area contributed by atoms with Gasteiger partial charge in [-0.05, 0) is 30.7 Å². The molecule has 0 aliphatic rings. The number of nitrogens with zero attached hydrogens (tertiary/aromatic N) is 1. The molecule has 1 aromatic heterocycles. The number of hydrogen-bond acceptors (Lipinski definition) is 5. The number of pyridine rings is 1. The number of nitrogen functional groups attached to an aromatic ring is 1. The predicted molar refractivity (Wildman–Crippen MR) is 78.1 cm³/mol. The van der Waals surface area contributed by atoms with Crippen LogP contribution in [-0.2, 0) is 15.9 Å². The van der Waals surface area contributed by atoms with Crippen LogP contribution in [0.15, 0.2) is 35.1 Å². The summed E-state index contributed by atoms with van der Waals surface area (Å²) in [5.74, 6) is -1.16. The largest absolute Gasteiger partial charge is 0.494 e. The molecule has 2 rings (SSSR count). The second-order valence-corrected chi connectivity index (χ2v) is 6.08. The van der Waals surface area contributed by atoms with Gasteiger partial charge in [-0.15, -0.1) is 0 Å². The highest BCUT2D eigenvalue weighted by molar-refractivity contribution is 7.85. The topological polar surface area (TPSA) is 123 Å². The monoisotopic (exact) mass is 310 g/mol. The molecule has 0 amide bonds. The first-order valence-electron chi connectivity index (χ1n) is 5.94. The smallest absolute Gasteiger partial charge is 0.269 e. The van der Waals surface area contributed by atoms with Crippen LogP contribution in [0.1, 0.15) is 11.1 Å². The number of anilines is 1. The summed E-state index contributed by atoms with van der Waals surface area (Å²) in [4.78, 5) is 12.4. The molecule has 112 valence electrons. The fraction of sp³-hybridized carbons (Fsp3) is 0.154. The zero-order chi connectivity index (χ0) is 15.8. The molecule has 0 radical (unpaired) electrons. The number of aromatic hydroxyl groups is 1. The van der Waals surface area contributed by atoms with E-state index in [1.165, 1.54) is 19.1 Å². The number of aryl methyl sites for hydroxylation is 1. The highest BCUT2D eigenvalue weighted by atomic mass is 32.2. The van der Waals surface area contributed by atoms with E-state index in [0.717, 1.165) is 4.57 Å². The normalized spacial score (nSPS) is 11.5. The van der Waals surface area contributed by atoms with Gasteiger partial charge in [0.15, 0.2) is 5.88 Å². The Labute approximate surface area is 121 Å². The number of hydrogen-bond donors (Lipinski definition) is 3. The summed E-state index contributed by atoms with van der Waals surface area (Å²) < 4.78 is 31.9. The molecule has 7 nitrogen and oxygen atoms in total. The summed E-state index contributed by atoms with van der Waals surface area (Å²) in [6.07, 6.45) is 0. The Morgan fingerprint density at radius 2 is 1.95 bits per heavy atom. The van der Waals surface area contributed by atoms with Crippen LogP contribution < -0.4 is 11.3 Å². The lowest BCUT2D eigenvalue weighted by Gasteiger charge is -2.13. The van der Waals surface area contributed by atoms with Gasteiger partial charge in [-0.25, -0.2) is 4.57 Å². The Morgan fingerprint density at radius 3 is 2.52 bits per heavy atom. The number of nitrogens with two attached hydrogens (primary N) is 1. The molecule has 0 spiro atoms. The molecule has 21 heavy (non-hydrogen) atoms. The van der Waals surface area contributed by atoms with Crippen LogP contribution >= 0.6 is 0 Å². The maximum absolute atomic E-state index is 12.4. The van der Waals surface area contributed by atoms with Crippen molar-refractivity contribution in [3.05, 3.63) is 51.8 Å². The Balaban J connectivity index is 2.73. The van der Waals surface area contributed by atoms with Gasteiger partial charge in [0.1, 0.15) is 5.75 Å². The predicted octanol–water partition coefficient (Wildman–Crippen LogP) is 0.822. The van der Waals surface area contributed by atoms with Gasteiger partial charge < -0.3 is 10.8 Å². The molecular formula is C13H14N2O5S. The summed E-state index contributed by atoms with van der Waals surface area (Å²) in [5.41, 5.74) is 5.75. The Bertz CT molecular complexity index is 855. The molecule has 0 bridgehead atoms. The van der Waals surface area contributed by atoms with Crippen molar-refractivity contribution in [2.24, 2.45) is 0 Å². The van der Waals surface area contributed by atoms with Gasteiger partial charge in [0.25, 0.3) is 15.7 Å². The maximum Gasteiger partial charge on any atom is 0.269 e. The van der Waals surface area contributed by atoms with Crippen LogP contribution in [0, 0.1) is 6.92 Å². The van der Waals surface area contributed by atoms with E-state index in [2.05, 4.69) is 0 Å². The van der Waals surface area contributed by atoms with Crippen LogP contribution in [0.3, 0.4) is 0 Å². The minimum absolute atomic E-state index is 0.113. The molecule has 0 saturated carbocycles. The third-order valence-corrected chi connectivity index (χ3v) is 3.62. The van der Waals surface area contributed by atoms with E-state index < -0.39 is 21.4 Å². The first-order valence-corrected chi connectivity index (χ1v) is 7.55. The lowest BCUT2D eigenvalue weighted by Crippen LogP contribution is -2.25. The second kappa shape index (κ2) is 5.23. The van der Waals surface area contributed by atoms with E-state index in [1.807, 2.05) is 0 Å². The molecule has 1 aromatic carbocycles. The van der Waals surface area contributed by atoms with Crippen LogP contribution in [-0.4, -0.2) is 22.6 Å². The molecule has 0 fully saturated rings. The molecule has 0 aliphatic heterocycles. The SMILES string of the molecule is Cc1cc(O)n(-c2cccc(N)c2)c(=O)c1CS(=O)(=O)O. The van der Waals surface area contributed by atoms with Gasteiger partial charge in [0.05, 0.1) is 5.69 Å². The van der Waals surface area contributed by atoms with Gasteiger partial charge in [-0.2, -0.15) is 8.42 Å². The van der Waals surface area contributed by atoms with Crippen LogP contribution in [0.4, 0.5) is 5.69 Å². The summed E-state index contributed by atoms with van der Waals surface area (Å²) in [6, 6.07) is 7.47. The van der Waals surface area contributed by atoms with E-state index in [-0.39, 0.29) is 17.0 Å². The van der Waals surface area contributed by atoms with Crippen molar-refractivity contribution >= 4 is 15.8 Å². The van der Waals surface area contributed by atoms with Gasteiger partial charge in [0.2, 0.25) is 0 Å². The Hall–Kier alpha value is -2.32. The van der Waals surface area contributed by atoms with Crippen LogP contribution in [0.5, 0.6) is 5.88 Å². The number of rotatable bonds is 3. The third-order valence-electron chi connectivity index (χ3n) is 2.97. The van der Waals surface area contributed by atoms with Crippen molar-refractivity contribution < 1.29 is 18.1 Å². The molecule has 0 atom stereocenters. The zero-order valence-electron chi connectivity index (χ0n) is 11.1. The second-order valence-electron chi connectivity index (χ2n) is 4.63. The zero-order valence-corrected chi connectivity index (χ0v) is 12.0. The minimum Gasteiger partial charge on any atom is -0.494 e. The van der Waals surface area contributed by atoms with Crippen molar-refractivity contribution in [2.75, 3.05) is 5.73 Å². The van der Waals surface area contributed by atoms with Crippen molar-refractivity contribution in [3.63, 3.8) is 0 Å².